The Morgan fingerprint density at radius 2 is 1.92 bits per heavy atom. The molecule has 0 atom stereocenters. The molecule has 0 unspecified atom stereocenters. The lowest BCUT2D eigenvalue weighted by atomic mass is 10.1. The first-order valence-corrected chi connectivity index (χ1v) is 8.93. The summed E-state index contributed by atoms with van der Waals surface area (Å²) >= 11 is 0. The molecule has 2 aromatic heterocycles. The van der Waals surface area contributed by atoms with Gasteiger partial charge >= 0.3 is 5.97 Å². The average molecular weight is 350 g/mol. The largest absolute Gasteiger partial charge is 0.454 e. The van der Waals surface area contributed by atoms with Gasteiger partial charge in [0.05, 0.1) is 5.56 Å². The van der Waals surface area contributed by atoms with Crippen molar-refractivity contribution in [2.45, 2.75) is 39.7 Å². The molecule has 134 valence electrons. The van der Waals surface area contributed by atoms with Gasteiger partial charge in [-0.05, 0) is 45.7 Å². The summed E-state index contributed by atoms with van der Waals surface area (Å²) in [5.41, 5.74) is 4.84. The highest BCUT2D eigenvalue weighted by Crippen LogP contribution is 2.38. The predicted molar refractivity (Wildman–Crippen MR) is 99.8 cm³/mol. The van der Waals surface area contributed by atoms with E-state index >= 15 is 0 Å². The molecule has 0 radical (unpaired) electrons. The van der Waals surface area contributed by atoms with E-state index in [0.29, 0.717) is 17.2 Å². The molecule has 0 aliphatic heterocycles. The summed E-state index contributed by atoms with van der Waals surface area (Å²) in [6.07, 6.45) is 2.31. The molecule has 2 heterocycles. The Morgan fingerprint density at radius 3 is 2.65 bits per heavy atom. The number of para-hydroxylation sites is 1. The highest BCUT2D eigenvalue weighted by Gasteiger charge is 2.29. The van der Waals surface area contributed by atoms with E-state index in [-0.39, 0.29) is 12.4 Å². The van der Waals surface area contributed by atoms with Gasteiger partial charge in [-0.1, -0.05) is 18.2 Å². The third kappa shape index (κ3) is 2.73. The van der Waals surface area contributed by atoms with Gasteiger partial charge in [0.1, 0.15) is 0 Å². The number of carbonyl (C=O) groups excluding carboxylic acids is 2. The van der Waals surface area contributed by atoms with Crippen LogP contribution in [-0.4, -0.2) is 27.9 Å². The number of aromatic amines is 1. The fraction of sp³-hybridized carbons (Fsp3) is 0.333. The number of fused-ring (bicyclic) bond motifs is 1. The monoisotopic (exact) mass is 350 g/mol. The van der Waals surface area contributed by atoms with E-state index in [4.69, 9.17) is 4.74 Å². The number of Topliss-reactive ketones (excluding diaryl/α,β-unsaturated/α-hetero) is 1. The van der Waals surface area contributed by atoms with Gasteiger partial charge in [0, 0.05) is 39.6 Å². The van der Waals surface area contributed by atoms with E-state index in [1.165, 1.54) is 0 Å². The number of aromatic nitrogens is 2. The topological polar surface area (TPSA) is 64.1 Å². The van der Waals surface area contributed by atoms with Crippen LogP contribution in [0.2, 0.25) is 0 Å². The minimum absolute atomic E-state index is 0.190. The molecule has 3 aromatic rings. The number of carbonyl (C=O) groups is 2. The SMILES string of the molecule is Cc1[nH]c2ccccc2c1C(=O)COC(=O)c1cc(C)n(C2CC2)c1C. The highest BCUT2D eigenvalue weighted by atomic mass is 16.5. The third-order valence-electron chi connectivity index (χ3n) is 5.12. The molecule has 0 saturated heterocycles. The Labute approximate surface area is 152 Å². The van der Waals surface area contributed by atoms with Gasteiger partial charge in [0.15, 0.2) is 6.61 Å². The van der Waals surface area contributed by atoms with Crippen molar-refractivity contribution in [2.24, 2.45) is 0 Å². The fourth-order valence-corrected chi connectivity index (χ4v) is 3.80. The molecule has 0 amide bonds. The quantitative estimate of drug-likeness (QED) is 0.552. The van der Waals surface area contributed by atoms with Crippen molar-refractivity contribution in [3.8, 4) is 0 Å². The van der Waals surface area contributed by atoms with Crippen LogP contribution in [0.1, 0.15) is 56.7 Å². The van der Waals surface area contributed by atoms with Crippen LogP contribution in [0.4, 0.5) is 0 Å². The Balaban J connectivity index is 1.52. The van der Waals surface area contributed by atoms with Crippen molar-refractivity contribution in [3.05, 3.63) is 58.5 Å². The van der Waals surface area contributed by atoms with Crippen molar-refractivity contribution in [3.63, 3.8) is 0 Å². The van der Waals surface area contributed by atoms with Gasteiger partial charge in [-0.15, -0.1) is 0 Å². The lowest BCUT2D eigenvalue weighted by molar-refractivity contribution is 0.0474. The second-order valence-corrected chi connectivity index (χ2v) is 7.06. The van der Waals surface area contributed by atoms with Gasteiger partial charge < -0.3 is 14.3 Å². The zero-order valence-corrected chi connectivity index (χ0v) is 15.3. The molecule has 5 heteroatoms. The summed E-state index contributed by atoms with van der Waals surface area (Å²) in [6, 6.07) is 10.0. The van der Waals surface area contributed by atoms with Gasteiger partial charge in [-0.2, -0.15) is 0 Å². The zero-order chi connectivity index (χ0) is 18.4. The first-order valence-electron chi connectivity index (χ1n) is 8.93. The molecular weight excluding hydrogens is 328 g/mol. The molecule has 1 aliphatic rings. The van der Waals surface area contributed by atoms with E-state index in [9.17, 15) is 9.59 Å². The maximum Gasteiger partial charge on any atom is 0.340 e. The molecule has 4 rings (SSSR count). The molecule has 0 bridgehead atoms. The number of esters is 1. The highest BCUT2D eigenvalue weighted by molar-refractivity contribution is 6.10. The van der Waals surface area contributed by atoms with Crippen LogP contribution in [0.15, 0.2) is 30.3 Å². The molecule has 1 aromatic carbocycles. The molecule has 26 heavy (non-hydrogen) atoms. The molecule has 5 nitrogen and oxygen atoms in total. The first kappa shape index (κ1) is 16.6. The molecule has 1 aliphatic carbocycles. The Hall–Kier alpha value is -2.82. The maximum absolute atomic E-state index is 12.6. The summed E-state index contributed by atoms with van der Waals surface area (Å²) in [5.74, 6) is -0.625. The van der Waals surface area contributed by atoms with Crippen molar-refractivity contribution in [1.82, 2.24) is 9.55 Å². The summed E-state index contributed by atoms with van der Waals surface area (Å²) < 4.78 is 7.55. The van der Waals surface area contributed by atoms with Crippen molar-refractivity contribution in [2.75, 3.05) is 6.61 Å². The normalized spacial score (nSPS) is 14.0. The Bertz CT molecular complexity index is 1020. The van der Waals surface area contributed by atoms with Crippen LogP contribution >= 0.6 is 0 Å². The molecule has 1 fully saturated rings. The standard InChI is InChI=1S/C21H22N2O3/c1-12-10-17(14(3)23(12)15-8-9-15)21(25)26-11-19(24)20-13(2)22-18-7-5-4-6-16(18)20/h4-7,10,15,22H,8-9,11H2,1-3H3. The predicted octanol–water partition coefficient (Wildman–Crippen LogP) is 4.27. The first-order chi connectivity index (χ1) is 12.5. The lowest BCUT2D eigenvalue weighted by Gasteiger charge is -2.08. The number of ether oxygens (including phenoxy) is 1. The van der Waals surface area contributed by atoms with Gasteiger partial charge in [-0.25, -0.2) is 4.79 Å². The van der Waals surface area contributed by atoms with Gasteiger partial charge in [0.25, 0.3) is 0 Å². The van der Waals surface area contributed by atoms with E-state index < -0.39 is 5.97 Å². The number of nitrogens with one attached hydrogen (secondary N) is 1. The number of ketones is 1. The second-order valence-electron chi connectivity index (χ2n) is 7.06. The van der Waals surface area contributed by atoms with Crippen molar-refractivity contribution in [1.29, 1.82) is 0 Å². The number of hydrogen-bond acceptors (Lipinski definition) is 3. The van der Waals surface area contributed by atoms with Gasteiger partial charge in [0.2, 0.25) is 5.78 Å². The number of aryl methyl sites for hydroxylation is 2. The van der Waals surface area contributed by atoms with E-state index in [2.05, 4.69) is 9.55 Å². The van der Waals surface area contributed by atoms with Crippen LogP contribution in [0.25, 0.3) is 10.9 Å². The summed E-state index contributed by atoms with van der Waals surface area (Å²) in [5, 5.41) is 0.859. The van der Waals surface area contributed by atoms with Crippen LogP contribution in [0.3, 0.4) is 0 Å². The minimum atomic E-state index is -0.434. The summed E-state index contributed by atoms with van der Waals surface area (Å²) in [6.45, 7) is 5.54. The van der Waals surface area contributed by atoms with E-state index in [0.717, 1.165) is 40.8 Å². The average Bonchev–Trinajstić information content (AvgIpc) is 3.31. The van der Waals surface area contributed by atoms with E-state index in [1.54, 1.807) is 0 Å². The molecular formula is C21H22N2O3. The number of nitrogens with zero attached hydrogens (tertiary/aromatic N) is 1. The van der Waals surface area contributed by atoms with Crippen LogP contribution in [0, 0.1) is 20.8 Å². The number of benzene rings is 1. The minimum Gasteiger partial charge on any atom is -0.454 e. The number of H-pyrrole nitrogens is 1. The second kappa shape index (κ2) is 6.16. The third-order valence-corrected chi connectivity index (χ3v) is 5.12. The van der Waals surface area contributed by atoms with Crippen molar-refractivity contribution >= 4 is 22.7 Å². The van der Waals surface area contributed by atoms with Crippen LogP contribution in [0.5, 0.6) is 0 Å². The fourth-order valence-electron chi connectivity index (χ4n) is 3.80. The maximum atomic E-state index is 12.6. The molecule has 1 saturated carbocycles. The Kier molecular flexibility index (Phi) is 3.94. The van der Waals surface area contributed by atoms with Gasteiger partial charge in [-0.3, -0.25) is 4.79 Å². The molecule has 1 N–H and O–H groups in total. The van der Waals surface area contributed by atoms with Crippen LogP contribution < -0.4 is 0 Å². The van der Waals surface area contributed by atoms with E-state index in [1.807, 2.05) is 51.1 Å². The summed E-state index contributed by atoms with van der Waals surface area (Å²) in [7, 11) is 0. The smallest absolute Gasteiger partial charge is 0.340 e. The zero-order valence-electron chi connectivity index (χ0n) is 15.3. The number of hydrogen-bond donors (Lipinski definition) is 1. The number of rotatable bonds is 5. The Morgan fingerprint density at radius 1 is 1.19 bits per heavy atom. The van der Waals surface area contributed by atoms with Crippen molar-refractivity contribution < 1.29 is 14.3 Å². The lowest BCUT2D eigenvalue weighted by Crippen LogP contribution is -2.15. The molecule has 0 spiro atoms. The summed E-state index contributed by atoms with van der Waals surface area (Å²) in [4.78, 5) is 28.4. The van der Waals surface area contributed by atoms with Crippen LogP contribution in [-0.2, 0) is 4.74 Å².